The number of carbonyl (C=O) groups excluding carboxylic acids is 3. The smallest absolute Gasteiger partial charge is 0.251 e. The van der Waals surface area contributed by atoms with E-state index in [0.717, 1.165) is 5.57 Å². The van der Waals surface area contributed by atoms with Crippen molar-refractivity contribution in [3.05, 3.63) is 83.5 Å². The van der Waals surface area contributed by atoms with Crippen molar-refractivity contribution in [2.24, 2.45) is 17.6 Å². The molecule has 1 amide bonds. The van der Waals surface area contributed by atoms with Crippen LogP contribution in [0.2, 0.25) is 0 Å². The fourth-order valence-corrected chi connectivity index (χ4v) is 5.20. The molecule has 9 heteroatoms. The lowest BCUT2D eigenvalue weighted by molar-refractivity contribution is -0.120. The van der Waals surface area contributed by atoms with Gasteiger partial charge in [0.1, 0.15) is 6.10 Å². The Morgan fingerprint density at radius 3 is 2.48 bits per heavy atom. The number of methoxy groups -OCH3 is 2. The van der Waals surface area contributed by atoms with Crippen molar-refractivity contribution in [3.8, 4) is 0 Å². The number of carbonyl (C=O) groups is 3. The van der Waals surface area contributed by atoms with Crippen molar-refractivity contribution in [1.29, 1.82) is 0 Å². The standard InChI is InChI=1S/C33H46N2O7/c1-9-10-13-24-25-15-19(2)16-29(41-8)30(37)21(4)17-22(5)32(42-23(6)34)28(40-7)14-11-12-20(3)33(39)35-26(31(25)38)18-27(24)36/h9,11-12,14,17-19,21,28-30,32,37H,1,6,10,13,15-16,34H2,2-5,7-8H3,(H,35,39)/b14-11-,20-12+,22-17+/t19-,21+,28+,29+,30-,32+/m1/s1. The van der Waals surface area contributed by atoms with E-state index >= 15 is 0 Å². The molecule has 230 valence electrons. The zero-order valence-electron chi connectivity index (χ0n) is 25.6. The van der Waals surface area contributed by atoms with Gasteiger partial charge in [-0.15, -0.1) is 6.58 Å². The average molecular weight is 583 g/mol. The third kappa shape index (κ3) is 9.24. The number of aliphatic hydroxyl groups is 1. The summed E-state index contributed by atoms with van der Waals surface area (Å²) < 4.78 is 17.2. The molecule has 1 heterocycles. The largest absolute Gasteiger partial charge is 0.469 e. The normalized spacial score (nSPS) is 31.7. The van der Waals surface area contributed by atoms with Crippen LogP contribution in [-0.2, 0) is 28.6 Å². The van der Waals surface area contributed by atoms with Crippen molar-refractivity contribution in [3.63, 3.8) is 0 Å². The van der Waals surface area contributed by atoms with E-state index < -0.39 is 36.1 Å². The minimum Gasteiger partial charge on any atom is -0.469 e. The van der Waals surface area contributed by atoms with Gasteiger partial charge in [0.2, 0.25) is 5.78 Å². The van der Waals surface area contributed by atoms with Crippen LogP contribution in [0.4, 0.5) is 0 Å². The summed E-state index contributed by atoms with van der Waals surface area (Å²) in [6.07, 6.45) is 8.58. The molecular formula is C33H46N2O7. The van der Waals surface area contributed by atoms with Crippen molar-refractivity contribution in [2.45, 2.75) is 77.8 Å². The molecule has 9 nitrogen and oxygen atoms in total. The monoisotopic (exact) mass is 582 g/mol. The summed E-state index contributed by atoms with van der Waals surface area (Å²) in [7, 11) is 3.05. The van der Waals surface area contributed by atoms with E-state index in [-0.39, 0.29) is 35.6 Å². The lowest BCUT2D eigenvalue weighted by atomic mass is 9.82. The van der Waals surface area contributed by atoms with Crippen molar-refractivity contribution in [2.75, 3.05) is 14.2 Å². The van der Waals surface area contributed by atoms with Crippen LogP contribution in [0.5, 0.6) is 0 Å². The quantitative estimate of drug-likeness (QED) is 0.232. The van der Waals surface area contributed by atoms with Gasteiger partial charge in [-0.2, -0.15) is 0 Å². The van der Waals surface area contributed by atoms with E-state index in [1.165, 1.54) is 20.3 Å². The van der Waals surface area contributed by atoms with E-state index in [1.54, 1.807) is 31.2 Å². The van der Waals surface area contributed by atoms with Gasteiger partial charge < -0.3 is 30.4 Å². The van der Waals surface area contributed by atoms with E-state index in [4.69, 9.17) is 19.9 Å². The highest BCUT2D eigenvalue weighted by Gasteiger charge is 2.33. The van der Waals surface area contributed by atoms with Crippen LogP contribution in [0.15, 0.2) is 83.5 Å². The van der Waals surface area contributed by atoms with Crippen molar-refractivity contribution >= 4 is 17.5 Å². The summed E-state index contributed by atoms with van der Waals surface area (Å²) in [4.78, 5) is 39.7. The molecular weight excluding hydrogens is 536 g/mol. The third-order valence-electron chi connectivity index (χ3n) is 7.54. The van der Waals surface area contributed by atoms with Gasteiger partial charge in [0.25, 0.3) is 5.91 Å². The first-order chi connectivity index (χ1) is 19.8. The second kappa shape index (κ2) is 16.2. The van der Waals surface area contributed by atoms with Gasteiger partial charge >= 0.3 is 0 Å². The van der Waals surface area contributed by atoms with Crippen LogP contribution >= 0.6 is 0 Å². The Balaban J connectivity index is 2.62. The topological polar surface area (TPSA) is 137 Å². The third-order valence-corrected chi connectivity index (χ3v) is 7.54. The number of rotatable bonds is 7. The zero-order valence-corrected chi connectivity index (χ0v) is 25.6. The Morgan fingerprint density at radius 1 is 1.19 bits per heavy atom. The number of Topliss-reactive ketones (excluding diaryl/α,β-unsaturated/α-hetero) is 1. The summed E-state index contributed by atoms with van der Waals surface area (Å²) in [6.45, 7) is 14.7. The molecule has 1 aliphatic heterocycles. The molecule has 0 aromatic rings. The molecule has 0 aromatic heterocycles. The number of hydrogen-bond acceptors (Lipinski definition) is 8. The van der Waals surface area contributed by atoms with Gasteiger partial charge in [-0.25, -0.2) is 0 Å². The predicted octanol–water partition coefficient (Wildman–Crippen LogP) is 4.12. The predicted molar refractivity (Wildman–Crippen MR) is 163 cm³/mol. The molecule has 0 saturated heterocycles. The summed E-state index contributed by atoms with van der Waals surface area (Å²) >= 11 is 0. The fraction of sp³-hybridized carbons (Fsp3) is 0.485. The maximum absolute atomic E-state index is 13.6. The molecule has 0 aromatic carbocycles. The maximum atomic E-state index is 13.6. The second-order valence-corrected chi connectivity index (χ2v) is 11.0. The number of fused-ring (bicyclic) bond motifs is 2. The highest BCUT2D eigenvalue weighted by atomic mass is 16.5. The first kappa shape index (κ1) is 34.7. The fourth-order valence-electron chi connectivity index (χ4n) is 5.20. The van der Waals surface area contributed by atoms with Gasteiger partial charge in [-0.3, -0.25) is 14.4 Å². The molecule has 2 aliphatic rings. The molecule has 1 aliphatic carbocycles. The molecule has 0 fully saturated rings. The SMILES string of the molecule is C=CCCC1=C2C[C@@H](C)C[C@H](OC)[C@H](O)[C@@H](C)/C=C(\C)[C@H](OC(=C)N)[C@@H](OC)/C=C\C=C(/C)C(=O)NC(=CC1=O)C2=O. The Labute approximate surface area is 249 Å². The molecule has 0 unspecified atom stereocenters. The van der Waals surface area contributed by atoms with Crippen LogP contribution in [0.3, 0.4) is 0 Å². The van der Waals surface area contributed by atoms with E-state index in [9.17, 15) is 19.5 Å². The van der Waals surface area contributed by atoms with Gasteiger partial charge in [0.05, 0.1) is 17.9 Å². The molecule has 4 N–H and O–H groups in total. The Bertz CT molecular complexity index is 1210. The first-order valence-corrected chi connectivity index (χ1v) is 14.2. The summed E-state index contributed by atoms with van der Waals surface area (Å²) in [5.41, 5.74) is 7.57. The number of amides is 1. The van der Waals surface area contributed by atoms with Crippen LogP contribution in [-0.4, -0.2) is 61.2 Å². The van der Waals surface area contributed by atoms with Gasteiger partial charge in [0.15, 0.2) is 17.8 Å². The molecule has 0 radical (unpaired) electrons. The summed E-state index contributed by atoms with van der Waals surface area (Å²) in [5, 5.41) is 13.9. The molecule has 42 heavy (non-hydrogen) atoms. The van der Waals surface area contributed by atoms with Crippen molar-refractivity contribution in [1.82, 2.24) is 5.32 Å². The number of aliphatic hydroxyl groups excluding tert-OH is 1. The zero-order chi connectivity index (χ0) is 31.6. The van der Waals surface area contributed by atoms with Gasteiger partial charge in [-0.05, 0) is 57.6 Å². The lowest BCUT2D eigenvalue weighted by Crippen LogP contribution is -2.36. The number of ketones is 2. The number of allylic oxidation sites excluding steroid dienone is 6. The lowest BCUT2D eigenvalue weighted by Gasteiger charge is -2.30. The van der Waals surface area contributed by atoms with Crippen LogP contribution < -0.4 is 11.1 Å². The number of nitrogens with two attached hydrogens (primary N) is 1. The minimum atomic E-state index is -0.883. The molecule has 0 spiro atoms. The summed E-state index contributed by atoms with van der Waals surface area (Å²) in [6, 6.07) is 0. The number of ether oxygens (including phenoxy) is 3. The van der Waals surface area contributed by atoms with E-state index in [0.29, 0.717) is 36.0 Å². The average Bonchev–Trinajstić information content (AvgIpc) is 2.94. The maximum Gasteiger partial charge on any atom is 0.251 e. The van der Waals surface area contributed by atoms with Crippen LogP contribution in [0.1, 0.15) is 53.4 Å². The van der Waals surface area contributed by atoms with E-state index in [1.807, 2.05) is 26.8 Å². The molecule has 6 atom stereocenters. The number of hydrogen-bond donors (Lipinski definition) is 3. The first-order valence-electron chi connectivity index (χ1n) is 14.2. The second-order valence-electron chi connectivity index (χ2n) is 11.0. The Kier molecular flexibility index (Phi) is 13.4. The van der Waals surface area contributed by atoms with E-state index in [2.05, 4.69) is 18.5 Å². The summed E-state index contributed by atoms with van der Waals surface area (Å²) in [5.74, 6) is -1.69. The highest BCUT2D eigenvalue weighted by molar-refractivity contribution is 6.23. The Morgan fingerprint density at radius 2 is 1.88 bits per heavy atom. The van der Waals surface area contributed by atoms with Crippen LogP contribution in [0, 0.1) is 11.8 Å². The molecule has 2 rings (SSSR count). The highest BCUT2D eigenvalue weighted by Crippen LogP contribution is 2.31. The molecule has 2 bridgehead atoms. The van der Waals surface area contributed by atoms with Crippen molar-refractivity contribution < 1.29 is 33.7 Å². The van der Waals surface area contributed by atoms with Crippen LogP contribution in [0.25, 0.3) is 0 Å². The number of nitrogens with one attached hydrogen (secondary N) is 1. The minimum absolute atomic E-state index is 0.00450. The Hall–Kier alpha value is -3.53. The van der Waals surface area contributed by atoms with Gasteiger partial charge in [0, 0.05) is 42.9 Å². The molecule has 0 saturated carbocycles. The van der Waals surface area contributed by atoms with Gasteiger partial charge in [-0.1, -0.05) is 44.2 Å².